The van der Waals surface area contributed by atoms with Crippen LogP contribution in [0, 0.1) is 11.3 Å². The Bertz CT molecular complexity index is 849. The van der Waals surface area contributed by atoms with E-state index in [4.69, 9.17) is 10.00 Å². The van der Waals surface area contributed by atoms with Gasteiger partial charge in [0, 0.05) is 18.9 Å². The van der Waals surface area contributed by atoms with Gasteiger partial charge in [0.1, 0.15) is 12.2 Å². The van der Waals surface area contributed by atoms with E-state index in [-0.39, 0.29) is 30.0 Å². The number of rotatable bonds is 5. The molecule has 1 aliphatic rings. The van der Waals surface area contributed by atoms with Crippen molar-refractivity contribution in [3.05, 3.63) is 54.0 Å². The fourth-order valence-electron chi connectivity index (χ4n) is 2.57. The first-order valence-corrected chi connectivity index (χ1v) is 9.09. The van der Waals surface area contributed by atoms with Crippen molar-refractivity contribution < 1.29 is 13.2 Å². The van der Waals surface area contributed by atoms with E-state index in [1.54, 1.807) is 12.1 Å². The Morgan fingerprint density at radius 2 is 2.00 bits per heavy atom. The lowest BCUT2D eigenvalue weighted by atomic mass is 10.2. The third kappa shape index (κ3) is 3.69. The number of benzene rings is 1. The first kappa shape index (κ1) is 16.4. The molecule has 0 bridgehead atoms. The molecule has 1 aromatic carbocycles. The number of ether oxygens (including phenoxy) is 1. The summed E-state index contributed by atoms with van der Waals surface area (Å²) < 4.78 is 32.1. The van der Waals surface area contributed by atoms with E-state index < -0.39 is 10.0 Å². The SMILES string of the molecule is N#Cc1nccnc1O[C@H]1CCN(S(=O)(=O)Cc2ccccc2)C1. The molecule has 24 heavy (non-hydrogen) atoms. The first-order valence-electron chi connectivity index (χ1n) is 7.48. The molecule has 7 nitrogen and oxygen atoms in total. The van der Waals surface area contributed by atoms with Gasteiger partial charge in [0.2, 0.25) is 15.7 Å². The third-order valence-electron chi connectivity index (χ3n) is 3.74. The standard InChI is InChI=1S/C16H16N4O3S/c17-10-15-16(19-8-7-18-15)23-14-6-9-20(11-14)24(21,22)12-13-4-2-1-3-5-13/h1-5,7-8,14H,6,9,11-12H2/t14-/m0/s1. The number of aromatic nitrogens is 2. The van der Waals surface area contributed by atoms with Gasteiger partial charge in [-0.15, -0.1) is 0 Å². The molecule has 0 radical (unpaired) electrons. The Morgan fingerprint density at radius 3 is 2.75 bits per heavy atom. The van der Waals surface area contributed by atoms with Crippen LogP contribution in [0.15, 0.2) is 42.7 Å². The molecule has 3 rings (SSSR count). The van der Waals surface area contributed by atoms with Gasteiger partial charge in [0.15, 0.2) is 0 Å². The highest BCUT2D eigenvalue weighted by molar-refractivity contribution is 7.88. The second-order valence-corrected chi connectivity index (χ2v) is 7.42. The fraction of sp³-hybridized carbons (Fsp3) is 0.312. The van der Waals surface area contributed by atoms with Crippen LogP contribution >= 0.6 is 0 Å². The lowest BCUT2D eigenvalue weighted by Crippen LogP contribution is -2.32. The second kappa shape index (κ2) is 6.95. The minimum absolute atomic E-state index is 0.0326. The quantitative estimate of drug-likeness (QED) is 0.812. The molecule has 1 atom stereocenters. The Hall–Kier alpha value is -2.50. The maximum Gasteiger partial charge on any atom is 0.251 e. The fourth-order valence-corrected chi connectivity index (χ4v) is 4.14. The monoisotopic (exact) mass is 344 g/mol. The summed E-state index contributed by atoms with van der Waals surface area (Å²) >= 11 is 0. The number of sulfonamides is 1. The van der Waals surface area contributed by atoms with E-state index in [2.05, 4.69) is 9.97 Å². The van der Waals surface area contributed by atoms with E-state index in [0.29, 0.717) is 13.0 Å². The summed E-state index contributed by atoms with van der Waals surface area (Å²) in [5, 5.41) is 9.00. The summed E-state index contributed by atoms with van der Waals surface area (Å²) in [5.41, 5.74) is 0.852. The highest BCUT2D eigenvalue weighted by Crippen LogP contribution is 2.22. The van der Waals surface area contributed by atoms with Gasteiger partial charge in [-0.2, -0.15) is 9.57 Å². The van der Waals surface area contributed by atoms with Gasteiger partial charge in [0.25, 0.3) is 5.88 Å². The van der Waals surface area contributed by atoms with Crippen molar-refractivity contribution in [3.8, 4) is 11.9 Å². The van der Waals surface area contributed by atoms with Crippen LogP contribution in [-0.4, -0.2) is 41.9 Å². The van der Waals surface area contributed by atoms with E-state index >= 15 is 0 Å². The molecule has 2 heterocycles. The molecule has 8 heteroatoms. The minimum Gasteiger partial charge on any atom is -0.471 e. The van der Waals surface area contributed by atoms with Gasteiger partial charge in [-0.3, -0.25) is 0 Å². The average Bonchev–Trinajstić information content (AvgIpc) is 3.05. The summed E-state index contributed by atoms with van der Waals surface area (Å²) in [6, 6.07) is 11.0. The Kier molecular flexibility index (Phi) is 4.74. The van der Waals surface area contributed by atoms with Crippen LogP contribution in [0.1, 0.15) is 17.7 Å². The van der Waals surface area contributed by atoms with Crippen LogP contribution in [0.3, 0.4) is 0 Å². The summed E-state index contributed by atoms with van der Waals surface area (Å²) in [7, 11) is -3.40. The molecule has 1 aliphatic heterocycles. The number of nitriles is 1. The van der Waals surface area contributed by atoms with Gasteiger partial charge >= 0.3 is 0 Å². The molecule has 1 saturated heterocycles. The topological polar surface area (TPSA) is 96.2 Å². The number of hydrogen-bond donors (Lipinski definition) is 0. The van der Waals surface area contributed by atoms with E-state index in [9.17, 15) is 8.42 Å². The van der Waals surface area contributed by atoms with Crippen LogP contribution in [0.5, 0.6) is 5.88 Å². The van der Waals surface area contributed by atoms with Gasteiger partial charge < -0.3 is 4.74 Å². The van der Waals surface area contributed by atoms with Crippen molar-refractivity contribution in [2.75, 3.05) is 13.1 Å². The van der Waals surface area contributed by atoms with Crippen LogP contribution in [0.2, 0.25) is 0 Å². The molecule has 1 fully saturated rings. The van der Waals surface area contributed by atoms with Crippen molar-refractivity contribution >= 4 is 10.0 Å². The smallest absolute Gasteiger partial charge is 0.251 e. The molecule has 124 valence electrons. The highest BCUT2D eigenvalue weighted by Gasteiger charge is 2.33. The van der Waals surface area contributed by atoms with Gasteiger partial charge in [-0.05, 0) is 12.0 Å². The Balaban J connectivity index is 1.66. The molecule has 0 spiro atoms. The lowest BCUT2D eigenvalue weighted by Gasteiger charge is -2.17. The molecule has 2 aromatic rings. The maximum atomic E-state index is 12.5. The zero-order valence-electron chi connectivity index (χ0n) is 12.9. The molecular weight excluding hydrogens is 328 g/mol. The summed E-state index contributed by atoms with van der Waals surface area (Å²) in [6.07, 6.45) is 3.07. The summed E-state index contributed by atoms with van der Waals surface area (Å²) in [6.45, 7) is 0.637. The molecule has 0 saturated carbocycles. The van der Waals surface area contributed by atoms with Crippen molar-refractivity contribution in [1.82, 2.24) is 14.3 Å². The molecule has 0 N–H and O–H groups in total. The van der Waals surface area contributed by atoms with Crippen LogP contribution in [-0.2, 0) is 15.8 Å². The van der Waals surface area contributed by atoms with E-state index in [1.165, 1.54) is 16.7 Å². The highest BCUT2D eigenvalue weighted by atomic mass is 32.2. The largest absolute Gasteiger partial charge is 0.471 e. The van der Waals surface area contributed by atoms with Crippen molar-refractivity contribution in [1.29, 1.82) is 5.26 Å². The van der Waals surface area contributed by atoms with Crippen molar-refractivity contribution in [2.24, 2.45) is 0 Å². The van der Waals surface area contributed by atoms with E-state index in [1.807, 2.05) is 24.3 Å². The second-order valence-electron chi connectivity index (χ2n) is 5.45. The van der Waals surface area contributed by atoms with Crippen molar-refractivity contribution in [3.63, 3.8) is 0 Å². The number of nitrogens with zero attached hydrogens (tertiary/aromatic N) is 4. The Labute approximate surface area is 140 Å². The Morgan fingerprint density at radius 1 is 1.25 bits per heavy atom. The van der Waals surface area contributed by atoms with Gasteiger partial charge in [0.05, 0.1) is 12.3 Å². The lowest BCUT2D eigenvalue weighted by molar-refractivity contribution is 0.205. The summed E-state index contributed by atoms with van der Waals surface area (Å²) in [4.78, 5) is 7.88. The normalized spacial score (nSPS) is 18.2. The van der Waals surface area contributed by atoms with Crippen LogP contribution < -0.4 is 4.74 Å². The number of hydrogen-bond acceptors (Lipinski definition) is 6. The molecule has 0 unspecified atom stereocenters. The van der Waals surface area contributed by atoms with E-state index in [0.717, 1.165) is 5.56 Å². The van der Waals surface area contributed by atoms with Crippen LogP contribution in [0.4, 0.5) is 0 Å². The molecule has 0 aliphatic carbocycles. The third-order valence-corrected chi connectivity index (χ3v) is 5.56. The zero-order chi connectivity index (χ0) is 17.0. The van der Waals surface area contributed by atoms with Gasteiger partial charge in [-0.1, -0.05) is 30.3 Å². The minimum atomic E-state index is -3.40. The molecule has 0 amide bonds. The predicted molar refractivity (Wildman–Crippen MR) is 86.4 cm³/mol. The molecular formula is C16H16N4O3S. The summed E-state index contributed by atoms with van der Waals surface area (Å²) in [5.74, 6) is 0.113. The maximum absolute atomic E-state index is 12.5. The zero-order valence-corrected chi connectivity index (χ0v) is 13.7. The average molecular weight is 344 g/mol. The predicted octanol–water partition coefficient (Wildman–Crippen LogP) is 1.33. The van der Waals surface area contributed by atoms with Crippen LogP contribution in [0.25, 0.3) is 0 Å². The first-order chi connectivity index (χ1) is 11.6. The molecule has 1 aromatic heterocycles. The van der Waals surface area contributed by atoms with Gasteiger partial charge in [-0.25, -0.2) is 18.4 Å². The van der Waals surface area contributed by atoms with Crippen molar-refractivity contribution in [2.45, 2.75) is 18.3 Å².